The standard InChI is InChI=1S/C23H40O6/c1-2-3-4-5-6-7-15-26-19-14-21(11-8-16-27-21)23(13-10-18-29-23)22(20(24)25)12-9-17-28-22/h2-19H2,1H3,(H,24,25)/t21-,22+,23+/m0/s1. The summed E-state index contributed by atoms with van der Waals surface area (Å²) in [5.74, 6) is -0.903. The summed E-state index contributed by atoms with van der Waals surface area (Å²) in [5, 5.41) is 10.2. The van der Waals surface area contributed by atoms with Gasteiger partial charge in [0.15, 0.2) is 5.60 Å². The fraction of sp³-hybridized carbons (Fsp3) is 0.957. The molecule has 6 heteroatoms. The lowest BCUT2D eigenvalue weighted by Crippen LogP contribution is -2.70. The number of rotatable bonds is 13. The Hall–Kier alpha value is -0.690. The Balaban J connectivity index is 1.62. The Morgan fingerprint density at radius 3 is 2.17 bits per heavy atom. The molecular formula is C23H40O6. The predicted octanol–water partition coefficient (Wildman–Crippen LogP) is 4.49. The summed E-state index contributed by atoms with van der Waals surface area (Å²) < 4.78 is 24.6. The Labute approximate surface area is 175 Å². The van der Waals surface area contributed by atoms with Gasteiger partial charge in [0.25, 0.3) is 0 Å². The number of unbranched alkanes of at least 4 members (excludes halogenated alkanes) is 5. The molecule has 3 aliphatic heterocycles. The molecule has 6 nitrogen and oxygen atoms in total. The van der Waals surface area contributed by atoms with Gasteiger partial charge in [0.1, 0.15) is 11.2 Å². The van der Waals surface area contributed by atoms with E-state index in [0.29, 0.717) is 45.7 Å². The maximum atomic E-state index is 12.4. The number of hydrogen-bond donors (Lipinski definition) is 1. The fourth-order valence-electron chi connectivity index (χ4n) is 5.72. The molecule has 0 unspecified atom stereocenters. The molecule has 0 spiro atoms. The molecule has 0 aromatic heterocycles. The Morgan fingerprint density at radius 2 is 1.55 bits per heavy atom. The average molecular weight is 413 g/mol. The summed E-state index contributed by atoms with van der Waals surface area (Å²) in [5.41, 5.74) is -2.84. The van der Waals surface area contributed by atoms with Crippen molar-refractivity contribution in [1.82, 2.24) is 0 Å². The van der Waals surface area contributed by atoms with Crippen LogP contribution >= 0.6 is 0 Å². The second kappa shape index (κ2) is 10.6. The van der Waals surface area contributed by atoms with Gasteiger partial charge in [0.2, 0.25) is 0 Å². The highest BCUT2D eigenvalue weighted by atomic mass is 16.6. The van der Waals surface area contributed by atoms with E-state index in [1.165, 1.54) is 32.1 Å². The van der Waals surface area contributed by atoms with Crippen LogP contribution in [0.3, 0.4) is 0 Å². The second-order valence-electron chi connectivity index (χ2n) is 8.94. The highest BCUT2D eigenvalue weighted by molar-refractivity contribution is 5.80. The second-order valence-corrected chi connectivity index (χ2v) is 8.94. The van der Waals surface area contributed by atoms with E-state index < -0.39 is 22.8 Å². The summed E-state index contributed by atoms with van der Waals surface area (Å²) in [7, 11) is 0. The SMILES string of the molecule is CCCCCCCCOCC[C@]1([C@@]2([C@]3(C(=O)O)CCCO3)CCCO2)CCCO1. The first kappa shape index (κ1) is 23.0. The normalized spacial score (nSPS) is 34.8. The quantitative estimate of drug-likeness (QED) is 0.450. The van der Waals surface area contributed by atoms with E-state index in [1.807, 2.05) is 0 Å². The van der Waals surface area contributed by atoms with Crippen LogP contribution in [0.5, 0.6) is 0 Å². The molecule has 0 amide bonds. The molecule has 168 valence electrons. The number of aliphatic carboxylic acids is 1. The number of hydrogen-bond acceptors (Lipinski definition) is 5. The average Bonchev–Trinajstić information content (AvgIpc) is 3.47. The zero-order valence-corrected chi connectivity index (χ0v) is 18.2. The largest absolute Gasteiger partial charge is 0.479 e. The van der Waals surface area contributed by atoms with Crippen molar-refractivity contribution in [1.29, 1.82) is 0 Å². The van der Waals surface area contributed by atoms with Gasteiger partial charge < -0.3 is 24.1 Å². The molecule has 3 saturated heterocycles. The third-order valence-corrected chi connectivity index (χ3v) is 7.17. The van der Waals surface area contributed by atoms with E-state index in [-0.39, 0.29) is 0 Å². The molecule has 3 rings (SSSR count). The third-order valence-electron chi connectivity index (χ3n) is 7.17. The van der Waals surface area contributed by atoms with Crippen molar-refractivity contribution in [2.75, 3.05) is 33.0 Å². The van der Waals surface area contributed by atoms with Gasteiger partial charge in [-0.2, -0.15) is 0 Å². The lowest BCUT2D eigenvalue weighted by molar-refractivity contribution is -0.260. The molecule has 0 saturated carbocycles. The minimum absolute atomic E-state index is 0.474. The summed E-state index contributed by atoms with van der Waals surface area (Å²) in [4.78, 5) is 12.4. The van der Waals surface area contributed by atoms with Crippen molar-refractivity contribution in [3.05, 3.63) is 0 Å². The van der Waals surface area contributed by atoms with Crippen LogP contribution in [0.15, 0.2) is 0 Å². The summed E-state index contributed by atoms with van der Waals surface area (Å²) in [6, 6.07) is 0. The van der Waals surface area contributed by atoms with Gasteiger partial charge in [-0.15, -0.1) is 0 Å². The molecule has 3 atom stereocenters. The van der Waals surface area contributed by atoms with Crippen LogP contribution in [0.1, 0.15) is 90.4 Å². The van der Waals surface area contributed by atoms with Crippen LogP contribution in [0.4, 0.5) is 0 Å². The van der Waals surface area contributed by atoms with Crippen molar-refractivity contribution in [3.63, 3.8) is 0 Å². The van der Waals surface area contributed by atoms with E-state index in [2.05, 4.69) is 6.92 Å². The Kier molecular flexibility index (Phi) is 8.37. The first-order chi connectivity index (χ1) is 14.1. The van der Waals surface area contributed by atoms with Gasteiger partial charge in [-0.1, -0.05) is 39.0 Å². The molecule has 0 aliphatic carbocycles. The van der Waals surface area contributed by atoms with Crippen LogP contribution in [0.2, 0.25) is 0 Å². The van der Waals surface area contributed by atoms with Crippen LogP contribution in [0.25, 0.3) is 0 Å². The van der Waals surface area contributed by atoms with Gasteiger partial charge in [0.05, 0.1) is 0 Å². The van der Waals surface area contributed by atoms with E-state index in [1.54, 1.807) is 0 Å². The smallest absolute Gasteiger partial charge is 0.339 e. The minimum Gasteiger partial charge on any atom is -0.479 e. The monoisotopic (exact) mass is 412 g/mol. The Morgan fingerprint density at radius 1 is 0.862 bits per heavy atom. The van der Waals surface area contributed by atoms with Gasteiger partial charge in [-0.05, 0) is 44.9 Å². The van der Waals surface area contributed by atoms with E-state index in [0.717, 1.165) is 38.7 Å². The highest BCUT2D eigenvalue weighted by Crippen LogP contribution is 2.56. The first-order valence-corrected chi connectivity index (χ1v) is 11.9. The fourth-order valence-corrected chi connectivity index (χ4v) is 5.72. The number of carbonyl (C=O) groups is 1. The lowest BCUT2D eigenvalue weighted by Gasteiger charge is -2.52. The lowest BCUT2D eigenvalue weighted by atomic mass is 9.65. The topological polar surface area (TPSA) is 74.2 Å². The summed E-state index contributed by atoms with van der Waals surface area (Å²) in [6.45, 7) is 5.27. The molecule has 0 bridgehead atoms. The summed E-state index contributed by atoms with van der Waals surface area (Å²) >= 11 is 0. The summed E-state index contributed by atoms with van der Waals surface area (Å²) in [6.07, 6.45) is 12.6. The highest BCUT2D eigenvalue weighted by Gasteiger charge is 2.71. The Bertz CT molecular complexity index is 501. The van der Waals surface area contributed by atoms with Gasteiger partial charge >= 0.3 is 5.97 Å². The molecule has 29 heavy (non-hydrogen) atoms. The molecule has 1 N–H and O–H groups in total. The minimum atomic E-state index is -1.30. The predicted molar refractivity (Wildman–Crippen MR) is 110 cm³/mol. The molecule has 3 fully saturated rings. The molecule has 0 radical (unpaired) electrons. The van der Waals surface area contributed by atoms with Crippen molar-refractivity contribution in [2.24, 2.45) is 0 Å². The number of ether oxygens (including phenoxy) is 4. The maximum Gasteiger partial charge on any atom is 0.339 e. The van der Waals surface area contributed by atoms with Crippen molar-refractivity contribution in [2.45, 2.75) is 107 Å². The molecular weight excluding hydrogens is 372 g/mol. The van der Waals surface area contributed by atoms with E-state index in [9.17, 15) is 9.90 Å². The van der Waals surface area contributed by atoms with E-state index in [4.69, 9.17) is 18.9 Å². The van der Waals surface area contributed by atoms with Gasteiger partial charge in [0, 0.05) is 39.5 Å². The zero-order valence-electron chi connectivity index (χ0n) is 18.2. The van der Waals surface area contributed by atoms with Gasteiger partial charge in [-0.25, -0.2) is 4.79 Å². The van der Waals surface area contributed by atoms with Crippen LogP contribution < -0.4 is 0 Å². The zero-order chi connectivity index (χ0) is 20.6. The van der Waals surface area contributed by atoms with Gasteiger partial charge in [-0.3, -0.25) is 0 Å². The third kappa shape index (κ3) is 4.51. The molecule has 0 aromatic carbocycles. The molecule has 3 aliphatic rings. The molecule has 0 aromatic rings. The van der Waals surface area contributed by atoms with Crippen LogP contribution in [0, 0.1) is 0 Å². The van der Waals surface area contributed by atoms with Crippen molar-refractivity contribution in [3.8, 4) is 0 Å². The van der Waals surface area contributed by atoms with Crippen LogP contribution in [-0.2, 0) is 23.7 Å². The van der Waals surface area contributed by atoms with E-state index >= 15 is 0 Å². The van der Waals surface area contributed by atoms with Crippen LogP contribution in [-0.4, -0.2) is 60.9 Å². The first-order valence-electron chi connectivity index (χ1n) is 11.9. The number of carboxylic acids is 1. The maximum absolute atomic E-state index is 12.4. The molecule has 3 heterocycles. The van der Waals surface area contributed by atoms with Crippen molar-refractivity contribution >= 4 is 5.97 Å². The van der Waals surface area contributed by atoms with Crippen molar-refractivity contribution < 1.29 is 28.8 Å². The number of carboxylic acid groups (broad SMARTS) is 1.